The van der Waals surface area contributed by atoms with E-state index < -0.39 is 0 Å². The Hall–Kier alpha value is -0.610. The first kappa shape index (κ1) is 12.8. The van der Waals surface area contributed by atoms with Crippen LogP contribution in [0.5, 0.6) is 0 Å². The summed E-state index contributed by atoms with van der Waals surface area (Å²) in [4.78, 5) is 13.3. The van der Waals surface area contributed by atoms with Gasteiger partial charge in [-0.2, -0.15) is 0 Å². The minimum Gasteiger partial charge on any atom is -0.391 e. The number of piperidine rings is 1. The Morgan fingerprint density at radius 1 is 1.29 bits per heavy atom. The normalized spacial score (nSPS) is 31.6. The lowest BCUT2D eigenvalue weighted by Gasteiger charge is -2.37. The molecule has 2 rings (SSSR count). The van der Waals surface area contributed by atoms with E-state index in [1.807, 2.05) is 0 Å². The zero-order valence-corrected chi connectivity index (χ0v) is 10.7. The lowest BCUT2D eigenvalue weighted by Crippen LogP contribution is -2.46. The zero-order valence-electron chi connectivity index (χ0n) is 10.7. The van der Waals surface area contributed by atoms with E-state index in [1.54, 1.807) is 6.92 Å². The summed E-state index contributed by atoms with van der Waals surface area (Å²) in [5.41, 5.74) is 0. The number of carbonyl (C=O) groups is 1. The molecule has 0 unspecified atom stereocenters. The van der Waals surface area contributed by atoms with Crippen LogP contribution < -0.4 is 5.32 Å². The summed E-state index contributed by atoms with van der Waals surface area (Å²) in [6, 6.07) is 0.400. The van der Waals surface area contributed by atoms with Crippen LogP contribution in [0.25, 0.3) is 0 Å². The molecule has 0 spiro atoms. The molecule has 1 amide bonds. The molecule has 0 bridgehead atoms. The van der Waals surface area contributed by atoms with Crippen molar-refractivity contribution in [1.29, 1.82) is 0 Å². The van der Waals surface area contributed by atoms with Gasteiger partial charge in [0.2, 0.25) is 5.91 Å². The van der Waals surface area contributed by atoms with Gasteiger partial charge in [-0.3, -0.25) is 9.69 Å². The number of carbonyl (C=O) groups excluding carboxylic acids is 1. The summed E-state index contributed by atoms with van der Waals surface area (Å²) in [6.07, 6.45) is 5.46. The molecule has 4 nitrogen and oxygen atoms in total. The van der Waals surface area contributed by atoms with Crippen LogP contribution in [0.3, 0.4) is 0 Å². The maximum Gasteiger partial charge on any atom is 0.216 e. The molecule has 4 heteroatoms. The van der Waals surface area contributed by atoms with Crippen molar-refractivity contribution < 1.29 is 9.90 Å². The predicted octanol–water partition coefficient (Wildman–Crippen LogP) is 0.748. The quantitative estimate of drug-likeness (QED) is 0.765. The molecule has 1 heterocycles. The molecular formula is C13H24N2O2. The van der Waals surface area contributed by atoms with Gasteiger partial charge >= 0.3 is 0 Å². The summed E-state index contributed by atoms with van der Waals surface area (Å²) in [5.74, 6) is 0.687. The number of aliphatic hydroxyl groups is 1. The van der Waals surface area contributed by atoms with Gasteiger partial charge in [0, 0.05) is 19.5 Å². The van der Waals surface area contributed by atoms with Gasteiger partial charge in [0.1, 0.15) is 0 Å². The van der Waals surface area contributed by atoms with Gasteiger partial charge in [-0.25, -0.2) is 0 Å². The Morgan fingerprint density at radius 2 is 2.00 bits per heavy atom. The van der Waals surface area contributed by atoms with Crippen molar-refractivity contribution in [3.8, 4) is 0 Å². The average Bonchev–Trinajstić information content (AvgIpc) is 2.73. The first-order chi connectivity index (χ1) is 8.16. The van der Waals surface area contributed by atoms with Crippen molar-refractivity contribution >= 4 is 5.91 Å². The fraction of sp³-hybridized carbons (Fsp3) is 0.923. The van der Waals surface area contributed by atoms with E-state index in [0.29, 0.717) is 12.0 Å². The first-order valence-electron chi connectivity index (χ1n) is 6.83. The van der Waals surface area contributed by atoms with E-state index in [1.165, 1.54) is 0 Å². The topological polar surface area (TPSA) is 52.6 Å². The Bertz CT molecular complexity index is 262. The Balaban J connectivity index is 1.72. The third kappa shape index (κ3) is 3.42. The fourth-order valence-corrected chi connectivity index (χ4v) is 3.12. The highest BCUT2D eigenvalue weighted by molar-refractivity contribution is 5.72. The van der Waals surface area contributed by atoms with E-state index in [0.717, 1.165) is 51.7 Å². The number of nitrogens with one attached hydrogen (secondary N) is 1. The molecule has 0 radical (unpaired) electrons. The summed E-state index contributed by atoms with van der Waals surface area (Å²) >= 11 is 0. The highest BCUT2D eigenvalue weighted by Gasteiger charge is 2.32. The van der Waals surface area contributed by atoms with Crippen LogP contribution in [-0.2, 0) is 4.79 Å². The molecule has 1 aliphatic carbocycles. The Labute approximate surface area is 103 Å². The van der Waals surface area contributed by atoms with Gasteiger partial charge in [0.05, 0.1) is 6.10 Å². The highest BCUT2D eigenvalue weighted by Crippen LogP contribution is 2.28. The third-order valence-corrected chi connectivity index (χ3v) is 4.20. The van der Waals surface area contributed by atoms with Gasteiger partial charge in [0.15, 0.2) is 0 Å². The molecule has 0 aromatic rings. The number of likely N-dealkylation sites (tertiary alicyclic amines) is 1. The van der Waals surface area contributed by atoms with Crippen molar-refractivity contribution in [2.24, 2.45) is 5.92 Å². The van der Waals surface area contributed by atoms with E-state index in [9.17, 15) is 9.90 Å². The number of rotatable bonds is 3. The smallest absolute Gasteiger partial charge is 0.216 e. The van der Waals surface area contributed by atoms with Crippen LogP contribution in [-0.4, -0.2) is 47.7 Å². The molecule has 2 fully saturated rings. The zero-order chi connectivity index (χ0) is 12.3. The Kier molecular flexibility index (Phi) is 4.40. The maximum absolute atomic E-state index is 10.8. The lowest BCUT2D eigenvalue weighted by molar-refractivity contribution is -0.119. The number of nitrogens with zero attached hydrogens (tertiary/aromatic N) is 1. The van der Waals surface area contributed by atoms with Crippen LogP contribution in [0.2, 0.25) is 0 Å². The molecule has 2 atom stereocenters. The summed E-state index contributed by atoms with van der Waals surface area (Å²) < 4.78 is 0. The first-order valence-corrected chi connectivity index (χ1v) is 6.83. The number of amides is 1. The largest absolute Gasteiger partial charge is 0.391 e. The fourth-order valence-electron chi connectivity index (χ4n) is 3.12. The molecular weight excluding hydrogens is 216 g/mol. The van der Waals surface area contributed by atoms with E-state index >= 15 is 0 Å². The van der Waals surface area contributed by atoms with Crippen LogP contribution in [0, 0.1) is 5.92 Å². The van der Waals surface area contributed by atoms with Crippen LogP contribution in [0.4, 0.5) is 0 Å². The highest BCUT2D eigenvalue weighted by atomic mass is 16.3. The van der Waals surface area contributed by atoms with Crippen molar-refractivity contribution in [1.82, 2.24) is 10.2 Å². The van der Waals surface area contributed by atoms with Gasteiger partial charge in [0.25, 0.3) is 0 Å². The van der Waals surface area contributed by atoms with Crippen molar-refractivity contribution in [2.75, 3.05) is 19.6 Å². The summed E-state index contributed by atoms with van der Waals surface area (Å²) in [7, 11) is 0. The lowest BCUT2D eigenvalue weighted by atomic mass is 9.95. The molecule has 0 aromatic carbocycles. The molecule has 1 saturated carbocycles. The number of hydrogen-bond acceptors (Lipinski definition) is 3. The second-order valence-electron chi connectivity index (χ2n) is 5.48. The molecule has 2 N–H and O–H groups in total. The van der Waals surface area contributed by atoms with E-state index in [-0.39, 0.29) is 12.0 Å². The van der Waals surface area contributed by atoms with E-state index in [2.05, 4.69) is 10.2 Å². The molecule has 0 aromatic heterocycles. The molecule has 1 saturated heterocycles. The van der Waals surface area contributed by atoms with Crippen molar-refractivity contribution in [3.05, 3.63) is 0 Å². The Morgan fingerprint density at radius 3 is 2.53 bits per heavy atom. The third-order valence-electron chi connectivity index (χ3n) is 4.20. The minimum absolute atomic E-state index is 0.0682. The molecule has 98 valence electrons. The molecule has 1 aliphatic heterocycles. The number of hydrogen-bond donors (Lipinski definition) is 2. The average molecular weight is 240 g/mol. The van der Waals surface area contributed by atoms with Gasteiger partial charge in [-0.15, -0.1) is 0 Å². The van der Waals surface area contributed by atoms with Crippen molar-refractivity contribution in [2.45, 2.75) is 51.2 Å². The maximum atomic E-state index is 10.8. The SMILES string of the molecule is CC(=O)NCC1CCN([C@@H]2CCC[C@H]2O)CC1. The number of aliphatic hydroxyl groups excluding tert-OH is 1. The summed E-state index contributed by atoms with van der Waals surface area (Å²) in [5, 5.41) is 12.8. The van der Waals surface area contributed by atoms with Crippen molar-refractivity contribution in [3.63, 3.8) is 0 Å². The second-order valence-corrected chi connectivity index (χ2v) is 5.48. The van der Waals surface area contributed by atoms with Crippen LogP contribution in [0.1, 0.15) is 39.0 Å². The van der Waals surface area contributed by atoms with Crippen LogP contribution >= 0.6 is 0 Å². The summed E-state index contributed by atoms with van der Waals surface area (Å²) in [6.45, 7) is 4.54. The predicted molar refractivity (Wildman–Crippen MR) is 66.6 cm³/mol. The second kappa shape index (κ2) is 5.83. The monoisotopic (exact) mass is 240 g/mol. The standard InChI is InChI=1S/C13H24N2O2/c1-10(16)14-9-11-5-7-15(8-6-11)12-3-2-4-13(12)17/h11-13,17H,2-9H2,1H3,(H,14,16)/t12-,13-/m1/s1. The van der Waals surface area contributed by atoms with Gasteiger partial charge in [-0.1, -0.05) is 0 Å². The molecule has 2 aliphatic rings. The van der Waals surface area contributed by atoms with Crippen LogP contribution in [0.15, 0.2) is 0 Å². The van der Waals surface area contributed by atoms with E-state index in [4.69, 9.17) is 0 Å². The molecule has 17 heavy (non-hydrogen) atoms. The van der Waals surface area contributed by atoms with Gasteiger partial charge in [-0.05, 0) is 51.1 Å². The van der Waals surface area contributed by atoms with Gasteiger partial charge < -0.3 is 10.4 Å². The minimum atomic E-state index is -0.109.